The number of thiophene rings is 1. The lowest BCUT2D eigenvalue weighted by atomic mass is 9.93. The molecule has 1 saturated heterocycles. The van der Waals surface area contributed by atoms with E-state index in [1.807, 2.05) is 4.90 Å². The maximum absolute atomic E-state index is 13.9. The van der Waals surface area contributed by atoms with Crippen LogP contribution in [0.2, 0.25) is 0 Å². The highest BCUT2D eigenvalue weighted by molar-refractivity contribution is 7.21. The van der Waals surface area contributed by atoms with Crippen molar-refractivity contribution in [3.05, 3.63) is 39.9 Å². The van der Waals surface area contributed by atoms with Gasteiger partial charge in [0.25, 0.3) is 5.91 Å². The zero-order valence-electron chi connectivity index (χ0n) is 18.1. The average molecular weight is 474 g/mol. The molecule has 0 radical (unpaired) electrons. The normalized spacial score (nSPS) is 22.5. The summed E-state index contributed by atoms with van der Waals surface area (Å²) in [6, 6.07) is 1.02. The summed E-state index contributed by atoms with van der Waals surface area (Å²) in [6.07, 6.45) is 3.80. The molecular weight excluding hydrogens is 448 g/mol. The predicted molar refractivity (Wildman–Crippen MR) is 124 cm³/mol. The fourth-order valence-electron chi connectivity index (χ4n) is 4.52. The molecule has 3 aromatic rings. The third-order valence-electron chi connectivity index (χ3n) is 6.50. The molecule has 3 aromatic heterocycles. The number of amides is 1. The third-order valence-corrected chi connectivity index (χ3v) is 7.62. The summed E-state index contributed by atoms with van der Waals surface area (Å²) in [4.78, 5) is 29.1. The third kappa shape index (κ3) is 3.99. The van der Waals surface area contributed by atoms with Crippen molar-refractivity contribution in [3.8, 4) is 0 Å². The SMILES string of the molecule is Cc1nc2sc(C(=O)NC3CCc4nc(N5CC(N)C(CF)C5)ncc4C3)c(N)c2cc1F. The number of hydrogen-bond acceptors (Lipinski definition) is 8. The average Bonchev–Trinajstić information content (AvgIpc) is 3.33. The van der Waals surface area contributed by atoms with Crippen LogP contribution in [0.1, 0.15) is 33.0 Å². The Bertz CT molecular complexity index is 1230. The highest BCUT2D eigenvalue weighted by Crippen LogP contribution is 2.34. The molecule has 1 fully saturated rings. The van der Waals surface area contributed by atoms with E-state index in [-0.39, 0.29) is 35.3 Å². The van der Waals surface area contributed by atoms with Crippen LogP contribution in [0.3, 0.4) is 0 Å². The van der Waals surface area contributed by atoms with E-state index in [1.165, 1.54) is 17.4 Å². The summed E-state index contributed by atoms with van der Waals surface area (Å²) >= 11 is 1.17. The van der Waals surface area contributed by atoms with Gasteiger partial charge in [-0.2, -0.15) is 0 Å². The lowest BCUT2D eigenvalue weighted by molar-refractivity contribution is 0.0938. The van der Waals surface area contributed by atoms with Crippen molar-refractivity contribution >= 4 is 39.1 Å². The number of hydrogen-bond donors (Lipinski definition) is 3. The van der Waals surface area contributed by atoms with Crippen LogP contribution < -0.4 is 21.7 Å². The minimum Gasteiger partial charge on any atom is -0.397 e. The number of nitrogens with zero attached hydrogens (tertiary/aromatic N) is 4. The van der Waals surface area contributed by atoms with Crippen molar-refractivity contribution in [2.24, 2.45) is 11.7 Å². The smallest absolute Gasteiger partial charge is 0.263 e. The Kier molecular flexibility index (Phi) is 5.61. The minimum atomic E-state index is -0.446. The van der Waals surface area contributed by atoms with E-state index in [0.717, 1.165) is 17.7 Å². The monoisotopic (exact) mass is 473 g/mol. The number of nitrogen functional groups attached to an aromatic ring is 1. The molecule has 0 saturated carbocycles. The summed E-state index contributed by atoms with van der Waals surface area (Å²) in [7, 11) is 0. The Morgan fingerprint density at radius 2 is 2.18 bits per heavy atom. The Morgan fingerprint density at radius 3 is 2.94 bits per heavy atom. The van der Waals surface area contributed by atoms with E-state index in [0.29, 0.717) is 47.0 Å². The van der Waals surface area contributed by atoms with Gasteiger partial charge in [-0.05, 0) is 37.8 Å². The van der Waals surface area contributed by atoms with Crippen LogP contribution in [0.25, 0.3) is 10.2 Å². The molecule has 0 bridgehead atoms. The van der Waals surface area contributed by atoms with Crippen molar-refractivity contribution in [2.75, 3.05) is 30.4 Å². The van der Waals surface area contributed by atoms with E-state index < -0.39 is 12.5 Å². The number of alkyl halides is 1. The standard InChI is InChI=1S/C22H25F2N7OS/c1-10-15(24)5-14-18(26)19(33-21(14)28-10)20(32)29-13-2-3-17-11(4-13)7-27-22(30-17)31-8-12(6-23)16(25)9-31/h5,7,12-13,16H,2-4,6,8-9,25-26H2,1H3,(H,29,32). The molecule has 0 aromatic carbocycles. The fourth-order valence-corrected chi connectivity index (χ4v) is 5.55. The number of aryl methyl sites for hydroxylation is 2. The lowest BCUT2D eigenvalue weighted by Crippen LogP contribution is -2.39. The molecule has 3 unspecified atom stereocenters. The van der Waals surface area contributed by atoms with E-state index in [4.69, 9.17) is 16.5 Å². The summed E-state index contributed by atoms with van der Waals surface area (Å²) in [5.74, 6) is -0.349. The van der Waals surface area contributed by atoms with E-state index in [9.17, 15) is 13.6 Å². The van der Waals surface area contributed by atoms with Gasteiger partial charge in [0.15, 0.2) is 0 Å². The van der Waals surface area contributed by atoms with Crippen LogP contribution in [-0.2, 0) is 12.8 Å². The number of anilines is 2. The van der Waals surface area contributed by atoms with Gasteiger partial charge in [-0.25, -0.2) is 19.3 Å². The molecule has 1 aliphatic heterocycles. The van der Waals surface area contributed by atoms with Gasteiger partial charge in [0.1, 0.15) is 15.5 Å². The van der Waals surface area contributed by atoms with Gasteiger partial charge >= 0.3 is 0 Å². The predicted octanol–water partition coefficient (Wildman–Crippen LogP) is 2.14. The molecule has 1 aliphatic carbocycles. The Balaban J connectivity index is 1.29. The lowest BCUT2D eigenvalue weighted by Gasteiger charge is -2.26. The molecule has 174 valence electrons. The number of halogens is 2. The summed E-state index contributed by atoms with van der Waals surface area (Å²) in [6.45, 7) is 2.19. The first-order valence-corrected chi connectivity index (χ1v) is 11.7. The maximum atomic E-state index is 13.9. The van der Waals surface area contributed by atoms with Crippen molar-refractivity contribution in [1.82, 2.24) is 20.3 Å². The molecule has 5 rings (SSSR count). The first-order chi connectivity index (χ1) is 15.8. The van der Waals surface area contributed by atoms with Crippen LogP contribution in [0.5, 0.6) is 0 Å². The molecule has 3 atom stereocenters. The van der Waals surface area contributed by atoms with Gasteiger partial charge in [0.2, 0.25) is 5.95 Å². The van der Waals surface area contributed by atoms with E-state index in [2.05, 4.69) is 15.3 Å². The largest absolute Gasteiger partial charge is 0.397 e. The van der Waals surface area contributed by atoms with Crippen molar-refractivity contribution in [2.45, 2.75) is 38.3 Å². The quantitative estimate of drug-likeness (QED) is 0.530. The number of nitrogens with one attached hydrogen (secondary N) is 1. The second kappa shape index (κ2) is 8.45. The molecule has 2 aliphatic rings. The van der Waals surface area contributed by atoms with Gasteiger partial charge in [-0.3, -0.25) is 9.18 Å². The first-order valence-electron chi connectivity index (χ1n) is 10.9. The second-order valence-corrected chi connectivity index (χ2v) is 9.79. The molecule has 33 heavy (non-hydrogen) atoms. The van der Waals surface area contributed by atoms with Crippen LogP contribution in [0, 0.1) is 18.7 Å². The van der Waals surface area contributed by atoms with Gasteiger partial charge in [0.05, 0.1) is 18.1 Å². The van der Waals surface area contributed by atoms with Crippen molar-refractivity contribution in [1.29, 1.82) is 0 Å². The van der Waals surface area contributed by atoms with E-state index >= 15 is 0 Å². The zero-order valence-corrected chi connectivity index (χ0v) is 19.0. The Hall–Kier alpha value is -2.92. The molecule has 11 heteroatoms. The number of aromatic nitrogens is 3. The number of nitrogens with two attached hydrogens (primary N) is 2. The topological polar surface area (TPSA) is 123 Å². The summed E-state index contributed by atoms with van der Waals surface area (Å²) < 4.78 is 27.0. The van der Waals surface area contributed by atoms with Crippen LogP contribution in [0.15, 0.2) is 12.3 Å². The number of fused-ring (bicyclic) bond motifs is 2. The first kappa shape index (κ1) is 21.9. The fraction of sp³-hybridized carbons (Fsp3) is 0.455. The molecular formula is C22H25F2N7OS. The Labute approximate surface area is 193 Å². The number of carbonyl (C=O) groups is 1. The summed E-state index contributed by atoms with van der Waals surface area (Å²) in [5, 5.41) is 3.50. The molecule has 1 amide bonds. The number of pyridine rings is 1. The van der Waals surface area contributed by atoms with Gasteiger partial charge in [0, 0.05) is 48.4 Å². The second-order valence-electron chi connectivity index (χ2n) is 8.79. The molecule has 8 nitrogen and oxygen atoms in total. The minimum absolute atomic E-state index is 0.0911. The van der Waals surface area contributed by atoms with Gasteiger partial charge in [-0.15, -0.1) is 11.3 Å². The van der Waals surface area contributed by atoms with Crippen LogP contribution >= 0.6 is 11.3 Å². The number of carbonyl (C=O) groups excluding carboxylic acids is 1. The Morgan fingerprint density at radius 1 is 1.36 bits per heavy atom. The molecule has 4 heterocycles. The molecule has 0 spiro atoms. The van der Waals surface area contributed by atoms with Gasteiger partial charge in [-0.1, -0.05) is 0 Å². The highest BCUT2D eigenvalue weighted by Gasteiger charge is 2.32. The summed E-state index contributed by atoms with van der Waals surface area (Å²) in [5.41, 5.74) is 14.6. The van der Waals surface area contributed by atoms with Crippen molar-refractivity contribution < 1.29 is 13.6 Å². The molecule has 5 N–H and O–H groups in total. The maximum Gasteiger partial charge on any atom is 0.263 e. The van der Waals surface area contributed by atoms with Crippen LogP contribution in [0.4, 0.5) is 20.4 Å². The number of rotatable bonds is 4. The van der Waals surface area contributed by atoms with E-state index in [1.54, 1.807) is 13.1 Å². The highest BCUT2D eigenvalue weighted by atomic mass is 32.1. The van der Waals surface area contributed by atoms with Crippen molar-refractivity contribution in [3.63, 3.8) is 0 Å². The zero-order chi connectivity index (χ0) is 23.3. The van der Waals surface area contributed by atoms with Crippen LogP contribution in [-0.4, -0.2) is 52.7 Å². The van der Waals surface area contributed by atoms with Gasteiger partial charge < -0.3 is 21.7 Å².